The summed E-state index contributed by atoms with van der Waals surface area (Å²) in [6.45, 7) is 2.31. The molecule has 94 valence electrons. The first kappa shape index (κ1) is 13.7. The molecule has 0 fully saturated rings. The number of carbonyl (C=O) groups is 2. The molecule has 1 aromatic heterocycles. The highest BCUT2D eigenvalue weighted by Crippen LogP contribution is 2.28. The Labute approximate surface area is 104 Å². The van der Waals surface area contributed by atoms with Gasteiger partial charge in [-0.05, 0) is 30.8 Å². The van der Waals surface area contributed by atoms with E-state index in [1.165, 1.54) is 18.4 Å². The molecule has 17 heavy (non-hydrogen) atoms. The number of esters is 1. The Balaban J connectivity index is 2.79. The van der Waals surface area contributed by atoms with E-state index >= 15 is 0 Å². The van der Waals surface area contributed by atoms with Gasteiger partial charge >= 0.3 is 5.97 Å². The van der Waals surface area contributed by atoms with Gasteiger partial charge in [-0.15, -0.1) is 11.3 Å². The highest BCUT2D eigenvalue weighted by Gasteiger charge is 2.18. The fourth-order valence-electron chi connectivity index (χ4n) is 1.31. The Morgan fingerprint density at radius 1 is 1.53 bits per heavy atom. The minimum Gasteiger partial charge on any atom is -0.465 e. The number of carbonyl (C=O) groups excluding carboxylic acids is 2. The second-order valence-electron chi connectivity index (χ2n) is 3.55. The molecule has 1 rings (SSSR count). The van der Waals surface area contributed by atoms with Crippen molar-refractivity contribution >= 4 is 28.9 Å². The van der Waals surface area contributed by atoms with Gasteiger partial charge in [0.25, 0.3) is 0 Å². The van der Waals surface area contributed by atoms with Gasteiger partial charge in [0.05, 0.1) is 12.8 Å². The van der Waals surface area contributed by atoms with Gasteiger partial charge in [0.15, 0.2) is 0 Å². The predicted octanol–water partition coefficient (Wildman–Crippen LogP) is 1.52. The lowest BCUT2D eigenvalue weighted by Crippen LogP contribution is -2.15. The SMILES string of the molecule is COC(=O)c1scc(C)c1NC(=O)CCCN. The van der Waals surface area contributed by atoms with Crippen LogP contribution in [-0.2, 0) is 9.53 Å². The lowest BCUT2D eigenvalue weighted by Gasteiger charge is -2.06. The molecule has 0 aliphatic heterocycles. The molecule has 1 aromatic rings. The molecular formula is C11H16N2O3S. The van der Waals surface area contributed by atoms with Crippen molar-refractivity contribution < 1.29 is 14.3 Å². The van der Waals surface area contributed by atoms with E-state index in [1.807, 2.05) is 12.3 Å². The maximum Gasteiger partial charge on any atom is 0.350 e. The van der Waals surface area contributed by atoms with Crippen molar-refractivity contribution in [3.8, 4) is 0 Å². The second kappa shape index (κ2) is 6.36. The van der Waals surface area contributed by atoms with E-state index in [1.54, 1.807) is 0 Å². The minimum absolute atomic E-state index is 0.137. The number of rotatable bonds is 5. The Hall–Kier alpha value is -1.40. The summed E-state index contributed by atoms with van der Waals surface area (Å²) in [5, 5.41) is 4.53. The highest BCUT2D eigenvalue weighted by atomic mass is 32.1. The van der Waals surface area contributed by atoms with Crippen molar-refractivity contribution in [1.82, 2.24) is 0 Å². The van der Waals surface area contributed by atoms with Crippen LogP contribution in [0.25, 0.3) is 0 Å². The third-order valence-corrected chi connectivity index (χ3v) is 3.30. The van der Waals surface area contributed by atoms with Crippen molar-refractivity contribution in [3.05, 3.63) is 15.8 Å². The quantitative estimate of drug-likeness (QED) is 0.783. The van der Waals surface area contributed by atoms with Gasteiger partial charge in [-0.25, -0.2) is 4.79 Å². The summed E-state index contributed by atoms with van der Waals surface area (Å²) < 4.78 is 4.65. The molecule has 3 N–H and O–H groups in total. The molecule has 6 heteroatoms. The third kappa shape index (κ3) is 3.54. The average molecular weight is 256 g/mol. The molecule has 1 amide bonds. The fourth-order valence-corrected chi connectivity index (χ4v) is 2.23. The summed E-state index contributed by atoms with van der Waals surface area (Å²) in [5.74, 6) is -0.570. The topological polar surface area (TPSA) is 81.4 Å². The zero-order valence-electron chi connectivity index (χ0n) is 9.91. The number of hydrogen-bond acceptors (Lipinski definition) is 5. The number of nitrogens with two attached hydrogens (primary N) is 1. The molecular weight excluding hydrogens is 240 g/mol. The molecule has 0 aliphatic rings. The van der Waals surface area contributed by atoms with E-state index in [9.17, 15) is 9.59 Å². The molecule has 0 saturated carbocycles. The molecule has 1 heterocycles. The van der Waals surface area contributed by atoms with Gasteiger partial charge < -0.3 is 15.8 Å². The number of methoxy groups -OCH3 is 1. The fraction of sp³-hybridized carbons (Fsp3) is 0.455. The summed E-state index contributed by atoms with van der Waals surface area (Å²) in [4.78, 5) is 23.5. The lowest BCUT2D eigenvalue weighted by molar-refractivity contribution is -0.116. The zero-order chi connectivity index (χ0) is 12.8. The summed E-state index contributed by atoms with van der Waals surface area (Å²) in [5.41, 5.74) is 6.73. The second-order valence-corrected chi connectivity index (χ2v) is 4.43. The van der Waals surface area contributed by atoms with Crippen LogP contribution >= 0.6 is 11.3 Å². The molecule has 0 spiro atoms. The first-order chi connectivity index (χ1) is 8.10. The van der Waals surface area contributed by atoms with Crippen LogP contribution in [0.1, 0.15) is 28.1 Å². The number of nitrogens with one attached hydrogen (secondary N) is 1. The van der Waals surface area contributed by atoms with Crippen LogP contribution in [0.4, 0.5) is 5.69 Å². The maximum atomic E-state index is 11.6. The van der Waals surface area contributed by atoms with E-state index in [2.05, 4.69) is 10.1 Å². The summed E-state index contributed by atoms with van der Waals surface area (Å²) in [6, 6.07) is 0. The lowest BCUT2D eigenvalue weighted by atomic mass is 10.2. The number of anilines is 1. The van der Waals surface area contributed by atoms with E-state index < -0.39 is 5.97 Å². The van der Waals surface area contributed by atoms with Crippen LogP contribution in [0.2, 0.25) is 0 Å². The van der Waals surface area contributed by atoms with Crippen molar-refractivity contribution in [1.29, 1.82) is 0 Å². The van der Waals surface area contributed by atoms with Gasteiger partial charge in [0, 0.05) is 6.42 Å². The van der Waals surface area contributed by atoms with Crippen molar-refractivity contribution in [2.24, 2.45) is 5.73 Å². The number of aryl methyl sites for hydroxylation is 1. The van der Waals surface area contributed by atoms with Crippen LogP contribution in [0, 0.1) is 6.92 Å². The average Bonchev–Trinajstić information content (AvgIpc) is 2.67. The van der Waals surface area contributed by atoms with Crippen molar-refractivity contribution in [2.75, 3.05) is 19.0 Å². The third-order valence-electron chi connectivity index (χ3n) is 2.22. The van der Waals surface area contributed by atoms with E-state index in [0.29, 0.717) is 30.0 Å². The van der Waals surface area contributed by atoms with Gasteiger partial charge in [-0.1, -0.05) is 0 Å². The van der Waals surface area contributed by atoms with Gasteiger partial charge in [0.2, 0.25) is 5.91 Å². The van der Waals surface area contributed by atoms with E-state index in [-0.39, 0.29) is 5.91 Å². The van der Waals surface area contributed by atoms with Crippen molar-refractivity contribution in [3.63, 3.8) is 0 Å². The number of ether oxygens (including phenoxy) is 1. The normalized spacial score (nSPS) is 10.1. The predicted molar refractivity (Wildman–Crippen MR) is 67.3 cm³/mol. The first-order valence-corrected chi connectivity index (χ1v) is 6.14. The van der Waals surface area contributed by atoms with Crippen LogP contribution in [0.15, 0.2) is 5.38 Å². The first-order valence-electron chi connectivity index (χ1n) is 5.26. The van der Waals surface area contributed by atoms with E-state index in [0.717, 1.165) is 5.56 Å². The Kier molecular flexibility index (Phi) is 5.11. The molecule has 0 aliphatic carbocycles. The van der Waals surface area contributed by atoms with Gasteiger partial charge in [0.1, 0.15) is 4.88 Å². The molecule has 0 bridgehead atoms. The van der Waals surface area contributed by atoms with Crippen molar-refractivity contribution in [2.45, 2.75) is 19.8 Å². The molecule has 0 atom stereocenters. The maximum absolute atomic E-state index is 11.6. The molecule has 0 saturated heterocycles. The molecule has 5 nitrogen and oxygen atoms in total. The molecule has 0 unspecified atom stereocenters. The number of thiophene rings is 1. The molecule has 0 aromatic carbocycles. The van der Waals surface area contributed by atoms with Crippen LogP contribution in [-0.4, -0.2) is 25.5 Å². The Bertz CT molecular complexity index is 415. The Morgan fingerprint density at radius 3 is 2.82 bits per heavy atom. The summed E-state index contributed by atoms with van der Waals surface area (Å²) in [6.07, 6.45) is 0.981. The summed E-state index contributed by atoms with van der Waals surface area (Å²) in [7, 11) is 1.32. The Morgan fingerprint density at radius 2 is 2.24 bits per heavy atom. The van der Waals surface area contributed by atoms with E-state index in [4.69, 9.17) is 5.73 Å². The van der Waals surface area contributed by atoms with Crippen LogP contribution < -0.4 is 11.1 Å². The zero-order valence-corrected chi connectivity index (χ0v) is 10.7. The number of amides is 1. The number of hydrogen-bond donors (Lipinski definition) is 2. The van der Waals surface area contributed by atoms with Gasteiger partial charge in [-0.2, -0.15) is 0 Å². The smallest absolute Gasteiger partial charge is 0.350 e. The van der Waals surface area contributed by atoms with Crippen LogP contribution in [0.5, 0.6) is 0 Å². The van der Waals surface area contributed by atoms with Crippen LogP contribution in [0.3, 0.4) is 0 Å². The highest BCUT2D eigenvalue weighted by molar-refractivity contribution is 7.12. The summed E-state index contributed by atoms with van der Waals surface area (Å²) >= 11 is 1.26. The van der Waals surface area contributed by atoms with Gasteiger partial charge in [-0.3, -0.25) is 4.79 Å². The molecule has 0 radical (unpaired) electrons. The largest absolute Gasteiger partial charge is 0.465 e. The monoisotopic (exact) mass is 256 g/mol. The standard InChI is InChI=1S/C11H16N2O3S/c1-7-6-17-10(11(15)16-2)9(7)13-8(14)4-3-5-12/h6H,3-5,12H2,1-2H3,(H,13,14). The minimum atomic E-state index is -0.433.